The maximum Gasteiger partial charge on any atom is 0.130 e. The van der Waals surface area contributed by atoms with Crippen LogP contribution in [0.2, 0.25) is 0 Å². The molecule has 1 aromatic carbocycles. The molecule has 0 spiro atoms. The van der Waals surface area contributed by atoms with Gasteiger partial charge in [-0.2, -0.15) is 0 Å². The van der Waals surface area contributed by atoms with E-state index in [4.69, 9.17) is 9.47 Å². The number of methoxy groups -OCH3 is 2. The lowest BCUT2D eigenvalue weighted by molar-refractivity contribution is -0.0411. The molecule has 0 bridgehead atoms. The Labute approximate surface area is 88.8 Å². The van der Waals surface area contributed by atoms with Gasteiger partial charge in [-0.15, -0.1) is 0 Å². The molecule has 0 unspecified atom stereocenters. The standard InChI is InChI=1S/C7H9N.C3H10O2Si/c1-8-7-5-3-2-4-6-7;1-4-3(6)5-2/h2-6,8H,1H3;3H,1-2,6H3. The van der Waals surface area contributed by atoms with Gasteiger partial charge in [-0.1, -0.05) is 18.2 Å². The Hall–Kier alpha value is -0.843. The van der Waals surface area contributed by atoms with Crippen molar-refractivity contribution in [3.8, 4) is 0 Å². The number of benzene rings is 1. The Balaban J connectivity index is 0.000000255. The molecular weight excluding hydrogens is 194 g/mol. The van der Waals surface area contributed by atoms with Crippen LogP contribution >= 0.6 is 0 Å². The highest BCUT2D eigenvalue weighted by molar-refractivity contribution is 6.09. The van der Waals surface area contributed by atoms with Gasteiger partial charge < -0.3 is 14.8 Å². The van der Waals surface area contributed by atoms with E-state index in [-0.39, 0.29) is 5.91 Å². The van der Waals surface area contributed by atoms with Crippen LogP contribution in [-0.4, -0.2) is 37.4 Å². The van der Waals surface area contributed by atoms with E-state index in [1.165, 1.54) is 0 Å². The summed E-state index contributed by atoms with van der Waals surface area (Å²) in [5.41, 5.74) is 1.16. The molecule has 0 radical (unpaired) electrons. The van der Waals surface area contributed by atoms with Crippen molar-refractivity contribution in [3.05, 3.63) is 30.3 Å². The SMILES string of the molecule is CNc1ccccc1.COC([SiH3])OC. The van der Waals surface area contributed by atoms with Gasteiger partial charge in [0, 0.05) is 27.0 Å². The second-order valence-corrected chi connectivity index (χ2v) is 3.60. The van der Waals surface area contributed by atoms with E-state index in [9.17, 15) is 0 Å². The van der Waals surface area contributed by atoms with Crippen LogP contribution in [0, 0.1) is 0 Å². The molecule has 14 heavy (non-hydrogen) atoms. The number of hydrogen-bond donors (Lipinski definition) is 1. The molecule has 80 valence electrons. The smallest absolute Gasteiger partial charge is 0.130 e. The Morgan fingerprint density at radius 3 is 1.86 bits per heavy atom. The van der Waals surface area contributed by atoms with Crippen LogP contribution in [0.3, 0.4) is 0 Å². The maximum absolute atomic E-state index is 4.74. The van der Waals surface area contributed by atoms with Gasteiger partial charge in [-0.3, -0.25) is 0 Å². The molecule has 1 N–H and O–H groups in total. The van der Waals surface area contributed by atoms with Crippen molar-refractivity contribution in [2.75, 3.05) is 26.6 Å². The zero-order chi connectivity index (χ0) is 10.8. The highest BCUT2D eigenvalue weighted by Gasteiger charge is 1.87. The van der Waals surface area contributed by atoms with Gasteiger partial charge in [0.25, 0.3) is 0 Å². The van der Waals surface area contributed by atoms with E-state index >= 15 is 0 Å². The van der Waals surface area contributed by atoms with Crippen LogP contribution in [0.5, 0.6) is 0 Å². The van der Waals surface area contributed by atoms with Crippen LogP contribution in [0.25, 0.3) is 0 Å². The molecule has 0 amide bonds. The summed E-state index contributed by atoms with van der Waals surface area (Å²) in [7, 11) is 6.14. The largest absolute Gasteiger partial charge is 0.388 e. The summed E-state index contributed by atoms with van der Waals surface area (Å²) in [4.78, 5) is 0. The summed E-state index contributed by atoms with van der Waals surface area (Å²) in [6.07, 6.45) is 0. The zero-order valence-corrected chi connectivity index (χ0v) is 11.3. The van der Waals surface area contributed by atoms with E-state index in [0.29, 0.717) is 0 Å². The van der Waals surface area contributed by atoms with Gasteiger partial charge in [0.15, 0.2) is 0 Å². The minimum Gasteiger partial charge on any atom is -0.388 e. The van der Waals surface area contributed by atoms with Gasteiger partial charge in [0.05, 0.1) is 10.2 Å². The van der Waals surface area contributed by atoms with E-state index in [2.05, 4.69) is 5.32 Å². The highest BCUT2D eigenvalue weighted by Crippen LogP contribution is 2.01. The Bertz CT molecular complexity index is 215. The number of hydrogen-bond acceptors (Lipinski definition) is 3. The fourth-order valence-electron chi connectivity index (χ4n) is 0.701. The first-order chi connectivity index (χ1) is 6.74. The summed E-state index contributed by atoms with van der Waals surface area (Å²) >= 11 is 0. The third kappa shape index (κ3) is 6.65. The first kappa shape index (κ1) is 13.2. The molecule has 0 heterocycles. The van der Waals surface area contributed by atoms with E-state index in [0.717, 1.165) is 15.9 Å². The maximum atomic E-state index is 4.74. The molecule has 0 aliphatic heterocycles. The molecule has 0 fully saturated rings. The van der Waals surface area contributed by atoms with Crippen LogP contribution in [-0.2, 0) is 9.47 Å². The Morgan fingerprint density at radius 2 is 1.64 bits per heavy atom. The lowest BCUT2D eigenvalue weighted by Gasteiger charge is -2.03. The number of nitrogens with one attached hydrogen (secondary N) is 1. The topological polar surface area (TPSA) is 30.5 Å². The Kier molecular flexibility index (Phi) is 8.22. The van der Waals surface area contributed by atoms with Gasteiger partial charge >= 0.3 is 0 Å². The molecule has 0 saturated heterocycles. The molecule has 0 saturated carbocycles. The summed E-state index contributed by atoms with van der Waals surface area (Å²) in [6, 6.07) is 10.1. The van der Waals surface area contributed by atoms with Crippen molar-refractivity contribution in [2.24, 2.45) is 0 Å². The average molecular weight is 213 g/mol. The fraction of sp³-hybridized carbons (Fsp3) is 0.400. The lowest BCUT2D eigenvalue weighted by Crippen LogP contribution is -2.11. The van der Waals surface area contributed by atoms with Crippen LogP contribution in [0.15, 0.2) is 30.3 Å². The van der Waals surface area contributed by atoms with Crippen LogP contribution in [0.1, 0.15) is 0 Å². The summed E-state index contributed by atoms with van der Waals surface area (Å²) in [6.45, 7) is 0. The molecule has 1 rings (SSSR count). The van der Waals surface area contributed by atoms with Gasteiger partial charge in [0.2, 0.25) is 0 Å². The number of ether oxygens (including phenoxy) is 2. The fourth-order valence-corrected chi connectivity index (χ4v) is 0.701. The predicted molar refractivity (Wildman–Crippen MR) is 63.7 cm³/mol. The molecule has 0 atom stereocenters. The second-order valence-electron chi connectivity index (χ2n) is 2.66. The molecule has 4 heteroatoms. The van der Waals surface area contributed by atoms with E-state index in [1.54, 1.807) is 14.2 Å². The van der Waals surface area contributed by atoms with Crippen molar-refractivity contribution in [1.82, 2.24) is 0 Å². The quantitative estimate of drug-likeness (QED) is 0.591. The minimum absolute atomic E-state index is 0.0741. The summed E-state index contributed by atoms with van der Waals surface area (Å²) in [5, 5.41) is 3.03. The number of para-hydroxylation sites is 1. The molecule has 0 aliphatic carbocycles. The molecule has 1 aromatic rings. The highest BCUT2D eigenvalue weighted by atomic mass is 28.1. The summed E-state index contributed by atoms with van der Waals surface area (Å²) in [5.74, 6) is 0.0741. The molecule has 0 aromatic heterocycles. The van der Waals surface area contributed by atoms with Crippen LogP contribution < -0.4 is 5.32 Å². The summed E-state index contributed by atoms with van der Waals surface area (Å²) < 4.78 is 9.48. The second kappa shape index (κ2) is 8.74. The van der Waals surface area contributed by atoms with Crippen molar-refractivity contribution in [1.29, 1.82) is 0 Å². The lowest BCUT2D eigenvalue weighted by atomic mass is 10.3. The van der Waals surface area contributed by atoms with Crippen molar-refractivity contribution in [2.45, 2.75) is 5.91 Å². The third-order valence-electron chi connectivity index (χ3n) is 1.73. The third-order valence-corrected chi connectivity index (χ3v) is 2.67. The van der Waals surface area contributed by atoms with Crippen LogP contribution in [0.4, 0.5) is 5.69 Å². The molecule has 3 nitrogen and oxygen atoms in total. The predicted octanol–water partition coefficient (Wildman–Crippen LogP) is 0.656. The van der Waals surface area contributed by atoms with Crippen molar-refractivity contribution < 1.29 is 9.47 Å². The zero-order valence-electron chi connectivity index (χ0n) is 9.28. The first-order valence-corrected chi connectivity index (χ1v) is 5.68. The molecule has 0 aliphatic rings. The minimum atomic E-state index is 0.0741. The number of anilines is 1. The van der Waals surface area contributed by atoms with Gasteiger partial charge in [0.1, 0.15) is 5.91 Å². The first-order valence-electron chi connectivity index (χ1n) is 4.53. The van der Waals surface area contributed by atoms with Crippen molar-refractivity contribution >= 4 is 15.9 Å². The van der Waals surface area contributed by atoms with E-state index < -0.39 is 0 Å². The number of rotatable bonds is 3. The normalized spacial score (nSPS) is 9.43. The monoisotopic (exact) mass is 213 g/mol. The van der Waals surface area contributed by atoms with Crippen molar-refractivity contribution in [3.63, 3.8) is 0 Å². The van der Waals surface area contributed by atoms with Gasteiger partial charge in [-0.05, 0) is 12.1 Å². The van der Waals surface area contributed by atoms with E-state index in [1.807, 2.05) is 37.4 Å². The van der Waals surface area contributed by atoms with Gasteiger partial charge in [-0.25, -0.2) is 0 Å². The molecular formula is C10H19NO2Si. The average Bonchev–Trinajstić information content (AvgIpc) is 2.30. The Morgan fingerprint density at radius 1 is 1.14 bits per heavy atom.